The van der Waals surface area contributed by atoms with Crippen LogP contribution in [-0.2, 0) is 8.85 Å². The Morgan fingerprint density at radius 1 is 0.805 bits per heavy atom. The highest BCUT2D eigenvalue weighted by Crippen LogP contribution is 2.40. The average molecular weight is 590 g/mol. The molecule has 220 valence electrons. The Balaban J connectivity index is 1.72. The van der Waals surface area contributed by atoms with Crippen LogP contribution in [0.4, 0.5) is 0 Å². The maximum Gasteiger partial charge on any atom is 0.261 e. The predicted octanol–water partition coefficient (Wildman–Crippen LogP) is 6.49. The Bertz CT molecular complexity index is 1280. The van der Waals surface area contributed by atoms with Gasteiger partial charge in [-0.2, -0.15) is 0 Å². The monoisotopic (exact) mass is 589 g/mol. The number of benzene rings is 3. The van der Waals surface area contributed by atoms with Crippen LogP contribution in [0.1, 0.15) is 70.1 Å². The quantitative estimate of drug-likeness (QED) is 0.275. The van der Waals surface area contributed by atoms with Crippen LogP contribution in [-0.4, -0.2) is 51.8 Å². The molecule has 1 heterocycles. The molecule has 0 fully saturated rings. The summed E-state index contributed by atoms with van der Waals surface area (Å²) in [4.78, 5) is 14.8. The number of aliphatic hydroxyl groups excluding tert-OH is 1. The van der Waals surface area contributed by atoms with Gasteiger partial charge in [-0.1, -0.05) is 120 Å². The lowest BCUT2D eigenvalue weighted by Gasteiger charge is -2.46. The molecule has 3 aromatic carbocycles. The van der Waals surface area contributed by atoms with Crippen molar-refractivity contribution in [2.45, 2.75) is 83.5 Å². The minimum Gasteiger partial charge on any atom is -0.414 e. The number of nitrogens with zero attached hydrogens (tertiary/aromatic N) is 1. The third-order valence-corrected chi connectivity index (χ3v) is 18.5. The zero-order valence-corrected chi connectivity index (χ0v) is 28.0. The molecule has 0 bridgehead atoms. The molecule has 1 unspecified atom stereocenters. The number of fused-ring (bicyclic) bond motifs is 1. The van der Waals surface area contributed by atoms with Gasteiger partial charge in [0.25, 0.3) is 14.2 Å². The number of aliphatic hydroxyl groups is 1. The SMILES string of the molecule is CC(C)(C)[Si](C)(C)OC[C@H](CCN1C(=O)c2ccccc2C1O)O[Si](c1ccccc1)(c1ccccc1)C(C)(C)C. The molecule has 3 aromatic rings. The summed E-state index contributed by atoms with van der Waals surface area (Å²) in [6, 6.07) is 28.6. The summed E-state index contributed by atoms with van der Waals surface area (Å²) >= 11 is 0. The average Bonchev–Trinajstić information content (AvgIpc) is 3.17. The molecule has 2 atom stereocenters. The van der Waals surface area contributed by atoms with Gasteiger partial charge in [0.05, 0.1) is 12.7 Å². The predicted molar refractivity (Wildman–Crippen MR) is 173 cm³/mol. The van der Waals surface area contributed by atoms with Gasteiger partial charge in [-0.15, -0.1) is 0 Å². The van der Waals surface area contributed by atoms with E-state index >= 15 is 0 Å². The standard InChI is InChI=1S/C34H47NO4Si2/c1-33(2,3)40(7,8)38-25-26(23-24-35-31(36)29-21-15-16-22-30(29)32(35)37)39-41(34(4,5)6,27-17-11-9-12-18-27)28-19-13-10-14-20-28/h9-22,26,31,36H,23-25H2,1-8H3/t26-,31?/m0/s1. The Morgan fingerprint density at radius 2 is 1.32 bits per heavy atom. The van der Waals surface area contributed by atoms with Gasteiger partial charge < -0.3 is 18.9 Å². The number of hydrogen-bond donors (Lipinski definition) is 1. The molecule has 5 nitrogen and oxygen atoms in total. The molecule has 0 saturated heterocycles. The first kappa shape index (κ1) is 31.4. The molecule has 0 radical (unpaired) electrons. The summed E-state index contributed by atoms with van der Waals surface area (Å²) in [6.45, 7) is 18.9. The lowest BCUT2D eigenvalue weighted by atomic mass is 10.1. The van der Waals surface area contributed by atoms with Gasteiger partial charge in [0.15, 0.2) is 14.5 Å². The lowest BCUT2D eigenvalue weighted by molar-refractivity contribution is 0.00885. The van der Waals surface area contributed by atoms with Crippen LogP contribution in [0.25, 0.3) is 0 Å². The minimum atomic E-state index is -2.86. The summed E-state index contributed by atoms with van der Waals surface area (Å²) in [5.41, 5.74) is 1.24. The molecule has 1 aliphatic rings. The minimum absolute atomic E-state index is 0.0533. The fourth-order valence-electron chi connectivity index (χ4n) is 5.49. The molecule has 0 spiro atoms. The normalized spacial score (nSPS) is 17.0. The first-order valence-corrected chi connectivity index (χ1v) is 19.5. The first-order chi connectivity index (χ1) is 19.2. The van der Waals surface area contributed by atoms with Crippen molar-refractivity contribution in [2.24, 2.45) is 0 Å². The van der Waals surface area contributed by atoms with Crippen molar-refractivity contribution in [1.82, 2.24) is 4.90 Å². The molecule has 4 rings (SSSR count). The fourth-order valence-corrected chi connectivity index (χ4v) is 11.2. The van der Waals surface area contributed by atoms with Crippen molar-refractivity contribution in [2.75, 3.05) is 13.2 Å². The zero-order valence-electron chi connectivity index (χ0n) is 26.0. The van der Waals surface area contributed by atoms with Gasteiger partial charge in [-0.25, -0.2) is 0 Å². The van der Waals surface area contributed by atoms with Crippen molar-refractivity contribution in [3.05, 3.63) is 96.1 Å². The Hall–Kier alpha value is -2.56. The summed E-state index contributed by atoms with van der Waals surface area (Å²) in [6.07, 6.45) is -0.678. The summed E-state index contributed by atoms with van der Waals surface area (Å²) < 4.78 is 14.3. The van der Waals surface area contributed by atoms with E-state index in [0.717, 1.165) is 0 Å². The van der Waals surface area contributed by atoms with Crippen LogP contribution in [0.3, 0.4) is 0 Å². The topological polar surface area (TPSA) is 59.0 Å². The Morgan fingerprint density at radius 3 is 1.80 bits per heavy atom. The van der Waals surface area contributed by atoms with Crippen molar-refractivity contribution in [3.8, 4) is 0 Å². The second-order valence-corrected chi connectivity index (χ2v) is 22.8. The van der Waals surface area contributed by atoms with Crippen LogP contribution in [0.15, 0.2) is 84.9 Å². The van der Waals surface area contributed by atoms with E-state index in [9.17, 15) is 9.90 Å². The fraction of sp³-hybridized carbons (Fsp3) is 0.441. The number of hydrogen-bond acceptors (Lipinski definition) is 4. The molecule has 0 saturated carbocycles. The van der Waals surface area contributed by atoms with E-state index in [-0.39, 0.29) is 22.1 Å². The van der Waals surface area contributed by atoms with Gasteiger partial charge in [0.1, 0.15) is 0 Å². The van der Waals surface area contributed by atoms with E-state index in [4.69, 9.17) is 8.85 Å². The molecule has 41 heavy (non-hydrogen) atoms. The molecule has 0 aliphatic carbocycles. The van der Waals surface area contributed by atoms with Crippen LogP contribution >= 0.6 is 0 Å². The summed E-state index contributed by atoms with van der Waals surface area (Å²) in [7, 11) is -4.94. The van der Waals surface area contributed by atoms with E-state index in [0.29, 0.717) is 30.7 Å². The second-order valence-electron chi connectivity index (χ2n) is 13.7. The summed E-state index contributed by atoms with van der Waals surface area (Å²) in [5.74, 6) is -0.136. The highest BCUT2D eigenvalue weighted by atomic mass is 28.4. The molecular formula is C34H47NO4Si2. The van der Waals surface area contributed by atoms with Crippen molar-refractivity contribution in [1.29, 1.82) is 0 Å². The van der Waals surface area contributed by atoms with Crippen molar-refractivity contribution < 1.29 is 18.8 Å². The van der Waals surface area contributed by atoms with Crippen LogP contribution in [0, 0.1) is 0 Å². The lowest BCUT2D eigenvalue weighted by Crippen LogP contribution is -2.68. The van der Waals surface area contributed by atoms with Gasteiger partial charge in [0, 0.05) is 17.7 Å². The van der Waals surface area contributed by atoms with Crippen LogP contribution in [0.5, 0.6) is 0 Å². The maximum atomic E-state index is 13.3. The number of rotatable bonds is 10. The Kier molecular flexibility index (Phi) is 9.17. The largest absolute Gasteiger partial charge is 0.414 e. The zero-order chi connectivity index (χ0) is 30.1. The molecule has 1 N–H and O–H groups in total. The smallest absolute Gasteiger partial charge is 0.261 e. The van der Waals surface area contributed by atoms with E-state index < -0.39 is 22.9 Å². The number of carbonyl (C=O) groups is 1. The van der Waals surface area contributed by atoms with Gasteiger partial charge >= 0.3 is 0 Å². The van der Waals surface area contributed by atoms with Gasteiger partial charge in [-0.05, 0) is 46.0 Å². The second kappa shape index (κ2) is 12.0. The third-order valence-electron chi connectivity index (χ3n) is 8.91. The van der Waals surface area contributed by atoms with Gasteiger partial charge in [-0.3, -0.25) is 4.79 Å². The number of amides is 1. The maximum absolute atomic E-state index is 13.3. The van der Waals surface area contributed by atoms with E-state index in [1.165, 1.54) is 10.4 Å². The van der Waals surface area contributed by atoms with Gasteiger partial charge in [0.2, 0.25) is 0 Å². The molecule has 0 aromatic heterocycles. The molecule has 1 amide bonds. The molecular weight excluding hydrogens is 543 g/mol. The van der Waals surface area contributed by atoms with E-state index in [2.05, 4.69) is 103 Å². The van der Waals surface area contributed by atoms with Crippen molar-refractivity contribution >= 4 is 32.9 Å². The van der Waals surface area contributed by atoms with E-state index in [1.807, 2.05) is 30.3 Å². The number of carbonyl (C=O) groups excluding carboxylic acids is 1. The molecule has 7 heteroatoms. The van der Waals surface area contributed by atoms with Crippen LogP contribution in [0.2, 0.25) is 23.2 Å². The highest BCUT2D eigenvalue weighted by molar-refractivity contribution is 6.99. The van der Waals surface area contributed by atoms with Crippen LogP contribution < -0.4 is 10.4 Å². The van der Waals surface area contributed by atoms with E-state index in [1.54, 1.807) is 11.0 Å². The third kappa shape index (κ3) is 6.29. The first-order valence-electron chi connectivity index (χ1n) is 14.7. The Labute approximate surface area is 248 Å². The summed E-state index contributed by atoms with van der Waals surface area (Å²) in [5, 5.41) is 13.3. The highest BCUT2D eigenvalue weighted by Gasteiger charge is 2.52. The molecule has 1 aliphatic heterocycles. The van der Waals surface area contributed by atoms with Crippen molar-refractivity contribution in [3.63, 3.8) is 0 Å².